The number of hydrogen-bond donors (Lipinski definition) is 2. The first-order valence-corrected chi connectivity index (χ1v) is 11.7. The van der Waals surface area contributed by atoms with Gasteiger partial charge in [-0.15, -0.1) is 0 Å². The fourth-order valence-electron chi connectivity index (χ4n) is 5.33. The SMILES string of the molecule is Nc1cccc2c1-c1c(N)c(C(=O)c3ccccc3)c(-c3ccccc3)c(-c3ccccc3)c1C2. The van der Waals surface area contributed by atoms with Crippen LogP contribution in [0.15, 0.2) is 109 Å². The van der Waals surface area contributed by atoms with Crippen LogP contribution in [0.4, 0.5) is 11.4 Å². The maximum Gasteiger partial charge on any atom is 0.195 e. The van der Waals surface area contributed by atoms with Crippen LogP contribution < -0.4 is 11.5 Å². The lowest BCUT2D eigenvalue weighted by atomic mass is 9.81. The van der Waals surface area contributed by atoms with Gasteiger partial charge in [-0.3, -0.25) is 4.79 Å². The van der Waals surface area contributed by atoms with Crippen molar-refractivity contribution in [1.29, 1.82) is 0 Å². The third-order valence-electron chi connectivity index (χ3n) is 6.83. The minimum atomic E-state index is -0.0927. The topological polar surface area (TPSA) is 69.1 Å². The lowest BCUT2D eigenvalue weighted by molar-refractivity contribution is 0.104. The van der Waals surface area contributed by atoms with Crippen LogP contribution in [0.3, 0.4) is 0 Å². The smallest absolute Gasteiger partial charge is 0.195 e. The Kier molecular flexibility index (Phi) is 4.97. The molecule has 5 aromatic rings. The zero-order valence-corrected chi connectivity index (χ0v) is 19.2. The zero-order chi connectivity index (χ0) is 23.9. The summed E-state index contributed by atoms with van der Waals surface area (Å²) in [4.78, 5) is 14.1. The Morgan fingerprint density at radius 3 is 1.77 bits per heavy atom. The number of rotatable bonds is 4. The molecule has 35 heavy (non-hydrogen) atoms. The van der Waals surface area contributed by atoms with E-state index in [1.807, 2.05) is 91.0 Å². The number of benzene rings is 5. The van der Waals surface area contributed by atoms with Crippen LogP contribution in [0.1, 0.15) is 27.0 Å². The van der Waals surface area contributed by atoms with Crippen molar-refractivity contribution in [3.05, 3.63) is 131 Å². The standard InChI is InChI=1S/C32H24N2O/c33-25-18-10-17-23-19-24-26(20-11-4-1-5-12-20)28(21-13-6-2-7-14-21)30(31(34)29(24)27(23)25)32(35)22-15-8-3-9-16-22/h1-18H,19,33-34H2. The molecular weight excluding hydrogens is 428 g/mol. The van der Waals surface area contributed by atoms with Gasteiger partial charge < -0.3 is 11.5 Å². The molecule has 0 fully saturated rings. The Bertz CT molecular complexity index is 1570. The minimum absolute atomic E-state index is 0.0927. The lowest BCUT2D eigenvalue weighted by Crippen LogP contribution is -2.11. The van der Waals surface area contributed by atoms with E-state index in [2.05, 4.69) is 18.2 Å². The predicted molar refractivity (Wildman–Crippen MR) is 144 cm³/mol. The minimum Gasteiger partial charge on any atom is -0.398 e. The molecule has 0 aromatic heterocycles. The maximum atomic E-state index is 14.1. The molecule has 4 N–H and O–H groups in total. The van der Waals surface area contributed by atoms with E-state index in [-0.39, 0.29) is 5.78 Å². The number of carbonyl (C=O) groups excluding carboxylic acids is 1. The second-order valence-corrected chi connectivity index (χ2v) is 8.88. The van der Waals surface area contributed by atoms with Crippen LogP contribution in [0.25, 0.3) is 33.4 Å². The number of carbonyl (C=O) groups is 1. The van der Waals surface area contributed by atoms with Gasteiger partial charge >= 0.3 is 0 Å². The third kappa shape index (κ3) is 3.32. The highest BCUT2D eigenvalue weighted by atomic mass is 16.1. The Morgan fingerprint density at radius 2 is 1.14 bits per heavy atom. The molecule has 0 saturated carbocycles. The molecule has 1 aliphatic carbocycles. The van der Waals surface area contributed by atoms with E-state index in [1.165, 1.54) is 0 Å². The summed E-state index contributed by atoms with van der Waals surface area (Å²) in [6, 6.07) is 35.7. The van der Waals surface area contributed by atoms with Crippen molar-refractivity contribution in [1.82, 2.24) is 0 Å². The molecule has 0 unspecified atom stereocenters. The van der Waals surface area contributed by atoms with Gasteiger partial charge in [-0.2, -0.15) is 0 Å². The van der Waals surface area contributed by atoms with Crippen LogP contribution in [0.5, 0.6) is 0 Å². The molecule has 6 rings (SSSR count). The summed E-state index contributed by atoms with van der Waals surface area (Å²) in [6.07, 6.45) is 0.712. The molecule has 3 heteroatoms. The van der Waals surface area contributed by atoms with E-state index in [9.17, 15) is 4.79 Å². The average Bonchev–Trinajstić information content (AvgIpc) is 3.31. The fourth-order valence-corrected chi connectivity index (χ4v) is 5.33. The second-order valence-electron chi connectivity index (χ2n) is 8.88. The molecule has 168 valence electrons. The summed E-state index contributed by atoms with van der Waals surface area (Å²) in [6.45, 7) is 0. The van der Waals surface area contributed by atoms with Crippen LogP contribution in [0, 0.1) is 0 Å². The molecule has 1 aliphatic rings. The number of anilines is 2. The summed E-state index contributed by atoms with van der Waals surface area (Å²) in [5.41, 5.74) is 23.8. The van der Waals surface area contributed by atoms with Gasteiger partial charge in [0.25, 0.3) is 0 Å². The first-order chi connectivity index (χ1) is 17.1. The monoisotopic (exact) mass is 452 g/mol. The third-order valence-corrected chi connectivity index (χ3v) is 6.83. The summed E-state index contributed by atoms with van der Waals surface area (Å²) >= 11 is 0. The van der Waals surface area contributed by atoms with Crippen molar-refractivity contribution >= 4 is 17.2 Å². The highest BCUT2D eigenvalue weighted by molar-refractivity contribution is 6.21. The van der Waals surface area contributed by atoms with Crippen molar-refractivity contribution in [3.8, 4) is 33.4 Å². The van der Waals surface area contributed by atoms with Crippen LogP contribution in [-0.4, -0.2) is 5.78 Å². The number of nitrogen functional groups attached to an aromatic ring is 2. The van der Waals surface area contributed by atoms with E-state index in [1.54, 1.807) is 0 Å². The first kappa shape index (κ1) is 20.9. The highest BCUT2D eigenvalue weighted by Crippen LogP contribution is 2.53. The van der Waals surface area contributed by atoms with E-state index in [4.69, 9.17) is 11.5 Å². The molecular formula is C32H24N2O. The van der Waals surface area contributed by atoms with Gasteiger partial charge in [-0.05, 0) is 40.3 Å². The highest BCUT2D eigenvalue weighted by Gasteiger charge is 2.33. The molecule has 0 heterocycles. The molecule has 3 nitrogen and oxygen atoms in total. The van der Waals surface area contributed by atoms with E-state index < -0.39 is 0 Å². The summed E-state index contributed by atoms with van der Waals surface area (Å²) < 4.78 is 0. The van der Waals surface area contributed by atoms with Crippen LogP contribution in [-0.2, 0) is 6.42 Å². The normalized spacial score (nSPS) is 11.7. The van der Waals surface area contributed by atoms with Gasteiger partial charge in [0.1, 0.15) is 0 Å². The fraction of sp³-hybridized carbons (Fsp3) is 0.0312. The van der Waals surface area contributed by atoms with Crippen LogP contribution in [0.2, 0.25) is 0 Å². The molecule has 0 atom stereocenters. The van der Waals surface area contributed by atoms with Gasteiger partial charge in [0.2, 0.25) is 0 Å². The largest absolute Gasteiger partial charge is 0.398 e. The van der Waals surface area contributed by atoms with Gasteiger partial charge in [-0.25, -0.2) is 0 Å². The van der Waals surface area contributed by atoms with E-state index >= 15 is 0 Å². The van der Waals surface area contributed by atoms with Gasteiger partial charge in [-0.1, -0.05) is 103 Å². The number of ketones is 1. The van der Waals surface area contributed by atoms with Crippen molar-refractivity contribution in [3.63, 3.8) is 0 Å². The van der Waals surface area contributed by atoms with Crippen molar-refractivity contribution in [2.24, 2.45) is 0 Å². The molecule has 0 bridgehead atoms. The predicted octanol–water partition coefficient (Wildman–Crippen LogP) is 6.99. The Balaban J connectivity index is 1.79. The summed E-state index contributed by atoms with van der Waals surface area (Å²) in [7, 11) is 0. The summed E-state index contributed by atoms with van der Waals surface area (Å²) in [5.74, 6) is -0.0927. The Labute approximate surface area is 204 Å². The van der Waals surface area contributed by atoms with Crippen molar-refractivity contribution < 1.29 is 4.79 Å². The zero-order valence-electron chi connectivity index (χ0n) is 19.2. The van der Waals surface area contributed by atoms with Crippen molar-refractivity contribution in [2.45, 2.75) is 6.42 Å². The second kappa shape index (κ2) is 8.30. The lowest BCUT2D eigenvalue weighted by Gasteiger charge is -2.23. The van der Waals surface area contributed by atoms with E-state index in [0.717, 1.165) is 44.5 Å². The quantitative estimate of drug-likeness (QED) is 0.224. The maximum absolute atomic E-state index is 14.1. The van der Waals surface area contributed by atoms with Crippen molar-refractivity contribution in [2.75, 3.05) is 11.5 Å². The van der Waals surface area contributed by atoms with Crippen LogP contribution >= 0.6 is 0 Å². The summed E-state index contributed by atoms with van der Waals surface area (Å²) in [5, 5.41) is 0. The van der Waals surface area contributed by atoms with Gasteiger partial charge in [0.05, 0.1) is 11.3 Å². The number of fused-ring (bicyclic) bond motifs is 3. The number of nitrogens with two attached hydrogens (primary N) is 2. The molecule has 0 amide bonds. The van der Waals surface area contributed by atoms with Gasteiger partial charge in [0.15, 0.2) is 5.78 Å². The Morgan fingerprint density at radius 1 is 0.571 bits per heavy atom. The molecule has 0 spiro atoms. The average molecular weight is 453 g/mol. The molecule has 0 radical (unpaired) electrons. The molecule has 0 saturated heterocycles. The van der Waals surface area contributed by atoms with Gasteiger partial charge in [0, 0.05) is 27.9 Å². The molecule has 5 aromatic carbocycles. The first-order valence-electron chi connectivity index (χ1n) is 11.7. The molecule has 0 aliphatic heterocycles. The number of hydrogen-bond acceptors (Lipinski definition) is 3. The Hall–Kier alpha value is -4.63. The van der Waals surface area contributed by atoms with E-state index in [0.29, 0.717) is 28.9 Å².